The van der Waals surface area contributed by atoms with Crippen molar-refractivity contribution in [2.45, 2.75) is 0 Å². The fraction of sp³-hybridized carbons (Fsp3) is 0.250. The third-order valence-corrected chi connectivity index (χ3v) is 4.18. The van der Waals surface area contributed by atoms with Crippen LogP contribution in [-0.2, 0) is 0 Å². The van der Waals surface area contributed by atoms with Gasteiger partial charge in [0.05, 0.1) is 18.5 Å². The van der Waals surface area contributed by atoms with Crippen LogP contribution in [0.25, 0.3) is 11.3 Å². The summed E-state index contributed by atoms with van der Waals surface area (Å²) in [6.45, 7) is 1.59. The zero-order chi connectivity index (χ0) is 19.9. The van der Waals surface area contributed by atoms with E-state index in [1.807, 2.05) is 38.4 Å². The Hall–Kier alpha value is -2.90. The number of hydrogen-bond donors (Lipinski definition) is 2. The van der Waals surface area contributed by atoms with Gasteiger partial charge in [0.2, 0.25) is 5.95 Å². The van der Waals surface area contributed by atoms with Crippen molar-refractivity contribution < 1.29 is 4.74 Å². The highest BCUT2D eigenvalue weighted by molar-refractivity contribution is 6.31. The number of hydrogen-bond acceptors (Lipinski definition) is 7. The fourth-order valence-corrected chi connectivity index (χ4v) is 2.73. The second kappa shape index (κ2) is 9.34. The number of ether oxygens (including phenoxy) is 1. The standard InChI is InChI=1S/C20H23ClN6O/c1-27(2)10-9-23-20-25-16(14-5-4-8-22-13-14)12-19(26-20)24-17-11-15(21)6-7-18(17)28-3/h4-8,11-13H,9-10H2,1-3H3,(H2,23,24,25,26). The predicted molar refractivity (Wildman–Crippen MR) is 114 cm³/mol. The van der Waals surface area contributed by atoms with Crippen molar-refractivity contribution in [2.75, 3.05) is 44.9 Å². The minimum atomic E-state index is 0.534. The highest BCUT2D eigenvalue weighted by Gasteiger charge is 2.10. The van der Waals surface area contributed by atoms with Gasteiger partial charge < -0.3 is 20.3 Å². The molecule has 0 saturated heterocycles. The van der Waals surface area contributed by atoms with E-state index in [1.165, 1.54) is 0 Å². The van der Waals surface area contributed by atoms with Crippen molar-refractivity contribution in [3.05, 3.63) is 53.8 Å². The fourth-order valence-electron chi connectivity index (χ4n) is 2.56. The molecular weight excluding hydrogens is 376 g/mol. The summed E-state index contributed by atoms with van der Waals surface area (Å²) in [5, 5.41) is 7.16. The summed E-state index contributed by atoms with van der Waals surface area (Å²) < 4.78 is 5.41. The molecule has 0 aliphatic heterocycles. The first kappa shape index (κ1) is 19.9. The molecule has 1 aromatic carbocycles. The average molecular weight is 399 g/mol. The van der Waals surface area contributed by atoms with Crippen LogP contribution in [-0.4, -0.2) is 54.1 Å². The van der Waals surface area contributed by atoms with Gasteiger partial charge in [-0.1, -0.05) is 11.6 Å². The number of halogens is 1. The van der Waals surface area contributed by atoms with Crippen LogP contribution in [0, 0.1) is 0 Å². The number of methoxy groups -OCH3 is 1. The van der Waals surface area contributed by atoms with E-state index in [0.717, 1.165) is 30.0 Å². The third-order valence-electron chi connectivity index (χ3n) is 3.95. The quantitative estimate of drug-likeness (QED) is 0.595. The first-order chi connectivity index (χ1) is 13.5. The van der Waals surface area contributed by atoms with Gasteiger partial charge in [0.15, 0.2) is 0 Å². The smallest absolute Gasteiger partial charge is 0.225 e. The van der Waals surface area contributed by atoms with Crippen LogP contribution in [0.2, 0.25) is 5.02 Å². The summed E-state index contributed by atoms with van der Waals surface area (Å²) in [5.74, 6) is 1.83. The molecule has 0 aliphatic rings. The van der Waals surface area contributed by atoms with Gasteiger partial charge in [-0.2, -0.15) is 4.98 Å². The molecule has 0 aliphatic carbocycles. The van der Waals surface area contributed by atoms with Crippen LogP contribution in [0.15, 0.2) is 48.8 Å². The lowest BCUT2D eigenvalue weighted by molar-refractivity contribution is 0.417. The summed E-state index contributed by atoms with van der Waals surface area (Å²) in [7, 11) is 5.66. The van der Waals surface area contributed by atoms with Crippen LogP contribution in [0.1, 0.15) is 0 Å². The molecule has 146 valence electrons. The molecule has 0 fully saturated rings. The van der Waals surface area contributed by atoms with Gasteiger partial charge in [0.25, 0.3) is 0 Å². The zero-order valence-electron chi connectivity index (χ0n) is 16.1. The molecule has 0 bridgehead atoms. The van der Waals surface area contributed by atoms with Gasteiger partial charge in [0.1, 0.15) is 11.6 Å². The molecule has 0 radical (unpaired) electrons. The molecule has 0 atom stereocenters. The molecule has 7 nitrogen and oxygen atoms in total. The minimum absolute atomic E-state index is 0.534. The van der Waals surface area contributed by atoms with Crippen molar-refractivity contribution in [3.8, 4) is 17.0 Å². The van der Waals surface area contributed by atoms with Crippen LogP contribution < -0.4 is 15.4 Å². The van der Waals surface area contributed by atoms with Crippen LogP contribution in [0.4, 0.5) is 17.5 Å². The Labute approximate surface area is 169 Å². The molecule has 8 heteroatoms. The van der Waals surface area contributed by atoms with Crippen LogP contribution >= 0.6 is 11.6 Å². The van der Waals surface area contributed by atoms with E-state index in [2.05, 4.69) is 30.5 Å². The van der Waals surface area contributed by atoms with Crippen molar-refractivity contribution in [1.82, 2.24) is 19.9 Å². The van der Waals surface area contributed by atoms with E-state index in [4.69, 9.17) is 16.3 Å². The molecular formula is C20H23ClN6O. The Bertz CT molecular complexity index is 920. The van der Waals surface area contributed by atoms with Crippen LogP contribution in [0.3, 0.4) is 0 Å². The first-order valence-corrected chi connectivity index (χ1v) is 9.21. The van der Waals surface area contributed by atoms with E-state index in [1.54, 1.807) is 31.6 Å². The van der Waals surface area contributed by atoms with E-state index >= 15 is 0 Å². The number of aromatic nitrogens is 3. The highest BCUT2D eigenvalue weighted by atomic mass is 35.5. The molecule has 0 unspecified atom stereocenters. The molecule has 2 aromatic heterocycles. The van der Waals surface area contributed by atoms with Crippen molar-refractivity contribution in [3.63, 3.8) is 0 Å². The molecule has 0 amide bonds. The van der Waals surface area contributed by atoms with Crippen molar-refractivity contribution in [2.24, 2.45) is 0 Å². The number of nitrogens with zero attached hydrogens (tertiary/aromatic N) is 4. The maximum absolute atomic E-state index is 6.14. The van der Waals surface area contributed by atoms with Gasteiger partial charge in [0, 0.05) is 42.1 Å². The van der Waals surface area contributed by atoms with Crippen molar-refractivity contribution in [1.29, 1.82) is 0 Å². The maximum atomic E-state index is 6.14. The molecule has 0 saturated carbocycles. The number of likely N-dealkylation sites (N-methyl/N-ethyl adjacent to an activating group) is 1. The Kier molecular flexibility index (Phi) is 6.62. The van der Waals surface area contributed by atoms with Gasteiger partial charge in [-0.25, -0.2) is 4.98 Å². The molecule has 3 rings (SSSR count). The Morgan fingerprint density at radius 3 is 2.71 bits per heavy atom. The minimum Gasteiger partial charge on any atom is -0.495 e. The monoisotopic (exact) mass is 398 g/mol. The number of nitrogens with one attached hydrogen (secondary N) is 2. The topological polar surface area (TPSA) is 75.2 Å². The largest absolute Gasteiger partial charge is 0.495 e. The summed E-state index contributed by atoms with van der Waals surface area (Å²) in [6, 6.07) is 11.1. The van der Waals surface area contributed by atoms with Gasteiger partial charge >= 0.3 is 0 Å². The third kappa shape index (κ3) is 5.31. The number of rotatable bonds is 8. The Morgan fingerprint density at radius 2 is 2.00 bits per heavy atom. The lowest BCUT2D eigenvalue weighted by atomic mass is 10.2. The molecule has 28 heavy (non-hydrogen) atoms. The van der Waals surface area contributed by atoms with Gasteiger partial charge in [-0.3, -0.25) is 4.98 Å². The normalized spacial score (nSPS) is 10.8. The molecule has 2 N–H and O–H groups in total. The lowest BCUT2D eigenvalue weighted by Crippen LogP contribution is -2.21. The number of anilines is 3. The number of pyridine rings is 1. The number of benzene rings is 1. The highest BCUT2D eigenvalue weighted by Crippen LogP contribution is 2.31. The van der Waals surface area contributed by atoms with E-state index in [9.17, 15) is 0 Å². The van der Waals surface area contributed by atoms with E-state index in [-0.39, 0.29) is 0 Å². The Morgan fingerprint density at radius 1 is 1.14 bits per heavy atom. The SMILES string of the molecule is COc1ccc(Cl)cc1Nc1cc(-c2cccnc2)nc(NCCN(C)C)n1. The van der Waals surface area contributed by atoms with E-state index in [0.29, 0.717) is 22.5 Å². The average Bonchev–Trinajstić information content (AvgIpc) is 2.68. The predicted octanol–water partition coefficient (Wildman–Crippen LogP) is 3.92. The van der Waals surface area contributed by atoms with Gasteiger partial charge in [-0.05, 0) is 44.4 Å². The first-order valence-electron chi connectivity index (χ1n) is 8.84. The summed E-state index contributed by atoms with van der Waals surface area (Å²) >= 11 is 6.14. The van der Waals surface area contributed by atoms with E-state index < -0.39 is 0 Å². The summed E-state index contributed by atoms with van der Waals surface area (Å²) in [4.78, 5) is 15.5. The van der Waals surface area contributed by atoms with Crippen LogP contribution in [0.5, 0.6) is 5.75 Å². The Balaban J connectivity index is 1.94. The molecule has 2 heterocycles. The zero-order valence-corrected chi connectivity index (χ0v) is 16.9. The molecule has 3 aromatic rings. The second-order valence-electron chi connectivity index (χ2n) is 6.40. The lowest BCUT2D eigenvalue weighted by Gasteiger charge is -2.14. The van der Waals surface area contributed by atoms with Crippen molar-refractivity contribution >= 4 is 29.1 Å². The summed E-state index contributed by atoms with van der Waals surface area (Å²) in [6.07, 6.45) is 3.51. The van der Waals surface area contributed by atoms with Gasteiger partial charge in [-0.15, -0.1) is 0 Å². The molecule has 0 spiro atoms. The second-order valence-corrected chi connectivity index (χ2v) is 6.84. The summed E-state index contributed by atoms with van der Waals surface area (Å²) in [5.41, 5.74) is 2.39. The maximum Gasteiger partial charge on any atom is 0.225 e.